The Kier molecular flexibility index (Phi) is 7.87. The summed E-state index contributed by atoms with van der Waals surface area (Å²) in [6.45, 7) is 3.23. The zero-order valence-electron chi connectivity index (χ0n) is 18.8. The van der Waals surface area contributed by atoms with Crippen molar-refractivity contribution in [3.05, 3.63) is 105 Å². The number of aryl methyl sites for hydroxylation is 2. The molecule has 0 bridgehead atoms. The predicted octanol–water partition coefficient (Wildman–Crippen LogP) is 4.69. The highest BCUT2D eigenvalue weighted by Crippen LogP contribution is 2.20. The molecular formula is C26H24N2O6. The van der Waals surface area contributed by atoms with Crippen LogP contribution in [0.5, 0.6) is 0 Å². The van der Waals surface area contributed by atoms with Gasteiger partial charge in [0.2, 0.25) is 0 Å². The van der Waals surface area contributed by atoms with Crippen LogP contribution in [0.4, 0.5) is 11.4 Å². The monoisotopic (exact) mass is 460 g/mol. The van der Waals surface area contributed by atoms with Crippen LogP contribution < -0.4 is 5.32 Å². The summed E-state index contributed by atoms with van der Waals surface area (Å²) < 4.78 is 5.24. The lowest BCUT2D eigenvalue weighted by molar-refractivity contribution is -0.384. The second kappa shape index (κ2) is 11.0. The molecule has 1 atom stereocenters. The van der Waals surface area contributed by atoms with Gasteiger partial charge in [-0.15, -0.1) is 0 Å². The minimum Gasteiger partial charge on any atom is -0.456 e. The number of anilines is 1. The van der Waals surface area contributed by atoms with E-state index in [0.29, 0.717) is 11.3 Å². The minimum absolute atomic E-state index is 0.147. The lowest BCUT2D eigenvalue weighted by atomic mass is 10.0. The average Bonchev–Trinajstić information content (AvgIpc) is 2.84. The number of hydrogen-bond donors (Lipinski definition) is 1. The van der Waals surface area contributed by atoms with Crippen LogP contribution in [0, 0.1) is 24.0 Å². The first-order valence-electron chi connectivity index (χ1n) is 10.6. The topological polar surface area (TPSA) is 116 Å². The number of Topliss-reactive ketones (excluding diaryl/α,β-unsaturated/α-hetero) is 2. The third-order valence-corrected chi connectivity index (χ3v) is 5.24. The third-order valence-electron chi connectivity index (χ3n) is 5.24. The minimum atomic E-state index is -1.02. The molecule has 3 aromatic carbocycles. The number of nitrogens with one attached hydrogen (secondary N) is 1. The van der Waals surface area contributed by atoms with Gasteiger partial charge in [-0.05, 0) is 43.2 Å². The van der Waals surface area contributed by atoms with Gasteiger partial charge in [-0.25, -0.2) is 4.79 Å². The molecule has 174 valence electrons. The van der Waals surface area contributed by atoms with Gasteiger partial charge in [-0.2, -0.15) is 0 Å². The number of ketones is 2. The van der Waals surface area contributed by atoms with E-state index in [1.54, 1.807) is 30.3 Å². The fourth-order valence-electron chi connectivity index (χ4n) is 3.29. The molecule has 0 aliphatic rings. The molecule has 0 fully saturated rings. The number of esters is 1. The molecule has 0 saturated heterocycles. The van der Waals surface area contributed by atoms with Crippen molar-refractivity contribution in [3.8, 4) is 0 Å². The summed E-state index contributed by atoms with van der Waals surface area (Å²) >= 11 is 0. The van der Waals surface area contributed by atoms with Gasteiger partial charge in [0.05, 0.1) is 4.92 Å². The van der Waals surface area contributed by atoms with Crippen LogP contribution in [-0.4, -0.2) is 35.1 Å². The molecule has 0 heterocycles. The van der Waals surface area contributed by atoms with E-state index in [-0.39, 0.29) is 23.5 Å². The number of non-ortho nitro benzene ring substituents is 1. The molecule has 8 nitrogen and oxygen atoms in total. The number of ether oxygens (including phenoxy) is 1. The summed E-state index contributed by atoms with van der Waals surface area (Å²) in [6.07, 6.45) is -0.165. The van der Waals surface area contributed by atoms with E-state index in [9.17, 15) is 24.5 Å². The number of hydrogen-bond acceptors (Lipinski definition) is 7. The van der Waals surface area contributed by atoms with Gasteiger partial charge in [0.15, 0.2) is 18.2 Å². The van der Waals surface area contributed by atoms with E-state index < -0.39 is 29.3 Å². The van der Waals surface area contributed by atoms with Crippen LogP contribution >= 0.6 is 0 Å². The molecule has 0 aromatic heterocycles. The van der Waals surface area contributed by atoms with E-state index in [2.05, 4.69) is 5.32 Å². The molecule has 0 aliphatic heterocycles. The highest BCUT2D eigenvalue weighted by molar-refractivity contribution is 6.01. The van der Waals surface area contributed by atoms with Crippen molar-refractivity contribution < 1.29 is 24.0 Å². The Morgan fingerprint density at radius 1 is 0.912 bits per heavy atom. The highest BCUT2D eigenvalue weighted by atomic mass is 16.6. The number of rotatable bonds is 10. The van der Waals surface area contributed by atoms with Crippen LogP contribution in [0.2, 0.25) is 0 Å². The number of nitrogens with zero attached hydrogens (tertiary/aromatic N) is 1. The lowest BCUT2D eigenvalue weighted by Gasteiger charge is -2.20. The van der Waals surface area contributed by atoms with Crippen LogP contribution in [-0.2, 0) is 9.53 Å². The van der Waals surface area contributed by atoms with Gasteiger partial charge in [0.25, 0.3) is 5.69 Å². The maximum absolute atomic E-state index is 12.9. The molecule has 8 heteroatoms. The van der Waals surface area contributed by atoms with Crippen molar-refractivity contribution >= 4 is 28.9 Å². The van der Waals surface area contributed by atoms with E-state index in [1.165, 1.54) is 24.3 Å². The van der Waals surface area contributed by atoms with Gasteiger partial charge in [-0.1, -0.05) is 42.5 Å². The number of carbonyl (C=O) groups is 3. The Morgan fingerprint density at radius 3 is 2.21 bits per heavy atom. The Balaban J connectivity index is 1.73. The molecule has 0 spiro atoms. The summed E-state index contributed by atoms with van der Waals surface area (Å²) in [5.41, 5.74) is 3.04. The lowest BCUT2D eigenvalue weighted by Crippen LogP contribution is -2.35. The highest BCUT2D eigenvalue weighted by Gasteiger charge is 2.25. The molecular weight excluding hydrogens is 436 g/mol. The van der Waals surface area contributed by atoms with Crippen molar-refractivity contribution in [1.29, 1.82) is 0 Å². The number of nitro benzene ring substituents is 1. The summed E-state index contributed by atoms with van der Waals surface area (Å²) in [7, 11) is 0. The number of nitro groups is 1. The molecule has 0 amide bonds. The van der Waals surface area contributed by atoms with Gasteiger partial charge < -0.3 is 10.1 Å². The molecule has 3 rings (SSSR count). The predicted molar refractivity (Wildman–Crippen MR) is 127 cm³/mol. The molecule has 34 heavy (non-hydrogen) atoms. The van der Waals surface area contributed by atoms with Gasteiger partial charge in [0.1, 0.15) is 6.04 Å². The first-order valence-corrected chi connectivity index (χ1v) is 10.6. The summed E-state index contributed by atoms with van der Waals surface area (Å²) in [6, 6.07) is 18.3. The summed E-state index contributed by atoms with van der Waals surface area (Å²) in [5, 5.41) is 13.9. The molecule has 0 aliphatic carbocycles. The van der Waals surface area contributed by atoms with Crippen LogP contribution in [0.25, 0.3) is 0 Å². The smallest absolute Gasteiger partial charge is 0.329 e. The second-order valence-corrected chi connectivity index (χ2v) is 7.84. The van der Waals surface area contributed by atoms with E-state index >= 15 is 0 Å². The van der Waals surface area contributed by atoms with E-state index in [0.717, 1.165) is 11.1 Å². The first kappa shape index (κ1) is 24.3. The molecule has 1 N–H and O–H groups in total. The summed E-state index contributed by atoms with van der Waals surface area (Å²) in [5.74, 6) is -1.51. The SMILES string of the molecule is Cc1ccc(C)c(N[C@@H](CC(=O)c2ccccc2)C(=O)OCC(=O)c2ccc([N+](=O)[O-])cc2)c1. The zero-order valence-corrected chi connectivity index (χ0v) is 18.8. The first-order chi connectivity index (χ1) is 16.2. The Bertz CT molecular complexity index is 1210. The average molecular weight is 460 g/mol. The molecule has 0 saturated carbocycles. The van der Waals surface area contributed by atoms with Gasteiger partial charge in [-0.3, -0.25) is 19.7 Å². The molecule has 0 radical (unpaired) electrons. The Morgan fingerprint density at radius 2 is 1.56 bits per heavy atom. The Hall–Kier alpha value is -4.33. The summed E-state index contributed by atoms with van der Waals surface area (Å²) in [4.78, 5) is 48.3. The fraction of sp³-hybridized carbons (Fsp3) is 0.192. The maximum atomic E-state index is 12.9. The third kappa shape index (κ3) is 6.35. The van der Waals surface area contributed by atoms with Crippen molar-refractivity contribution in [2.75, 3.05) is 11.9 Å². The van der Waals surface area contributed by atoms with Crippen molar-refractivity contribution in [3.63, 3.8) is 0 Å². The number of benzene rings is 3. The molecule has 3 aromatic rings. The maximum Gasteiger partial charge on any atom is 0.329 e. The molecule has 0 unspecified atom stereocenters. The van der Waals surface area contributed by atoms with Crippen LogP contribution in [0.15, 0.2) is 72.8 Å². The fourth-order valence-corrected chi connectivity index (χ4v) is 3.29. The van der Waals surface area contributed by atoms with Crippen LogP contribution in [0.3, 0.4) is 0 Å². The van der Waals surface area contributed by atoms with Crippen molar-refractivity contribution in [2.24, 2.45) is 0 Å². The van der Waals surface area contributed by atoms with E-state index in [4.69, 9.17) is 4.74 Å². The van der Waals surface area contributed by atoms with E-state index in [1.807, 2.05) is 32.0 Å². The van der Waals surface area contributed by atoms with Crippen molar-refractivity contribution in [2.45, 2.75) is 26.3 Å². The van der Waals surface area contributed by atoms with Gasteiger partial charge >= 0.3 is 5.97 Å². The van der Waals surface area contributed by atoms with Crippen LogP contribution in [0.1, 0.15) is 38.3 Å². The van der Waals surface area contributed by atoms with Crippen molar-refractivity contribution in [1.82, 2.24) is 0 Å². The largest absolute Gasteiger partial charge is 0.456 e. The quantitative estimate of drug-likeness (QED) is 0.202. The normalized spacial score (nSPS) is 11.4. The zero-order chi connectivity index (χ0) is 24.7. The second-order valence-electron chi connectivity index (χ2n) is 7.84. The Labute approximate surface area is 196 Å². The standard InChI is InChI=1S/C26H24N2O6/c1-17-8-9-18(2)22(14-17)27-23(15-24(29)19-6-4-3-5-7-19)26(31)34-16-25(30)20-10-12-21(13-11-20)28(32)33/h3-14,23,27H,15-16H2,1-2H3/t23-/m0/s1. The number of carbonyl (C=O) groups excluding carboxylic acids is 3. The van der Waals surface area contributed by atoms with Gasteiger partial charge in [0, 0.05) is 35.4 Å².